The van der Waals surface area contributed by atoms with Crippen LogP contribution < -0.4 is 0 Å². The third-order valence-corrected chi connectivity index (χ3v) is 2.95. The van der Waals surface area contributed by atoms with Crippen LogP contribution in [0, 0.1) is 0 Å². The Morgan fingerprint density at radius 1 is 1.05 bits per heavy atom. The summed E-state index contributed by atoms with van der Waals surface area (Å²) in [5, 5.41) is 46.3. The number of ketones is 1. The maximum absolute atomic E-state index is 11.7. The van der Waals surface area contributed by atoms with E-state index < -0.39 is 43.2 Å². The van der Waals surface area contributed by atoms with E-state index in [0.717, 1.165) is 19.3 Å². The van der Waals surface area contributed by atoms with Crippen molar-refractivity contribution in [2.75, 3.05) is 6.61 Å². The molecule has 0 fully saturated rings. The molecular weight excluding hydrogens is 252 g/mol. The molecule has 6 nitrogen and oxygen atoms in total. The van der Waals surface area contributed by atoms with Crippen LogP contribution in [-0.2, 0) is 4.79 Å². The van der Waals surface area contributed by atoms with Crippen molar-refractivity contribution in [3.63, 3.8) is 0 Å². The van der Waals surface area contributed by atoms with Crippen molar-refractivity contribution < 1.29 is 31.7 Å². The SMILES string of the molecule is [2H]C(CCCCCC)C(=O)[C@@H](O)[C@@H](O)[C@H](O)[C@H](O)CO. The Hall–Kier alpha value is -0.530. The molecule has 0 radical (unpaired) electrons. The van der Waals surface area contributed by atoms with Crippen LogP contribution in [-0.4, -0.2) is 62.3 Å². The molecule has 0 amide bonds. The van der Waals surface area contributed by atoms with E-state index >= 15 is 0 Å². The van der Waals surface area contributed by atoms with E-state index in [9.17, 15) is 20.1 Å². The summed E-state index contributed by atoms with van der Waals surface area (Å²) in [5.41, 5.74) is 0. The Balaban J connectivity index is 4.30. The molecular formula is C13H26O6. The lowest BCUT2D eigenvalue weighted by molar-refractivity contribution is -0.147. The van der Waals surface area contributed by atoms with E-state index in [-0.39, 0.29) is 6.42 Å². The summed E-state index contributed by atoms with van der Waals surface area (Å²) >= 11 is 0. The lowest BCUT2D eigenvalue weighted by Gasteiger charge is -2.24. The molecule has 0 spiro atoms. The Morgan fingerprint density at radius 3 is 2.16 bits per heavy atom. The second-order valence-corrected chi connectivity index (χ2v) is 4.63. The topological polar surface area (TPSA) is 118 Å². The van der Waals surface area contributed by atoms with Crippen molar-refractivity contribution in [3.05, 3.63) is 0 Å². The summed E-state index contributed by atoms with van der Waals surface area (Å²) in [6, 6.07) is 0. The molecule has 1 unspecified atom stereocenters. The van der Waals surface area contributed by atoms with E-state index in [1.54, 1.807) is 0 Å². The average molecular weight is 279 g/mol. The zero-order valence-corrected chi connectivity index (χ0v) is 11.3. The highest BCUT2D eigenvalue weighted by atomic mass is 16.4. The summed E-state index contributed by atoms with van der Waals surface area (Å²) in [4.78, 5) is 11.7. The lowest BCUT2D eigenvalue weighted by Crippen LogP contribution is -2.48. The highest BCUT2D eigenvalue weighted by molar-refractivity contribution is 5.83. The van der Waals surface area contributed by atoms with Crippen molar-refractivity contribution in [3.8, 4) is 0 Å². The Kier molecular flexibility index (Phi) is 8.94. The number of Topliss-reactive ketones (excluding diaryl/α,β-unsaturated/α-hetero) is 1. The Bertz CT molecular complexity index is 276. The first-order valence-electron chi connectivity index (χ1n) is 7.23. The summed E-state index contributed by atoms with van der Waals surface area (Å²) < 4.78 is 7.62. The molecule has 114 valence electrons. The van der Waals surface area contributed by atoms with Crippen molar-refractivity contribution in [2.24, 2.45) is 0 Å². The van der Waals surface area contributed by atoms with Gasteiger partial charge in [-0.15, -0.1) is 0 Å². The molecule has 0 aromatic heterocycles. The predicted molar refractivity (Wildman–Crippen MR) is 69.5 cm³/mol. The van der Waals surface area contributed by atoms with Gasteiger partial charge in [0.25, 0.3) is 0 Å². The second kappa shape index (κ2) is 10.3. The maximum Gasteiger partial charge on any atom is 0.164 e. The first-order chi connectivity index (χ1) is 9.36. The zero-order chi connectivity index (χ0) is 15.7. The minimum absolute atomic E-state index is 0.279. The molecule has 0 rings (SSSR count). The molecule has 0 aliphatic carbocycles. The zero-order valence-electron chi connectivity index (χ0n) is 12.3. The monoisotopic (exact) mass is 279 g/mol. The lowest BCUT2D eigenvalue weighted by atomic mass is 9.97. The van der Waals surface area contributed by atoms with Gasteiger partial charge in [-0.25, -0.2) is 0 Å². The van der Waals surface area contributed by atoms with Gasteiger partial charge in [0.1, 0.15) is 24.4 Å². The van der Waals surface area contributed by atoms with E-state index in [0.29, 0.717) is 6.42 Å². The van der Waals surface area contributed by atoms with Gasteiger partial charge in [0.15, 0.2) is 5.78 Å². The van der Waals surface area contributed by atoms with Crippen molar-refractivity contribution in [1.29, 1.82) is 0 Å². The molecule has 0 aliphatic heterocycles. The molecule has 5 atom stereocenters. The largest absolute Gasteiger partial charge is 0.394 e. The van der Waals surface area contributed by atoms with E-state index in [1.807, 2.05) is 6.92 Å². The van der Waals surface area contributed by atoms with Crippen LogP contribution >= 0.6 is 0 Å². The molecule has 5 N–H and O–H groups in total. The summed E-state index contributed by atoms with van der Waals surface area (Å²) in [7, 11) is 0. The molecule has 6 heteroatoms. The number of rotatable bonds is 11. The van der Waals surface area contributed by atoms with Crippen LogP contribution in [0.25, 0.3) is 0 Å². The number of hydrogen-bond donors (Lipinski definition) is 5. The first-order valence-corrected chi connectivity index (χ1v) is 6.65. The fourth-order valence-corrected chi connectivity index (χ4v) is 1.63. The van der Waals surface area contributed by atoms with Crippen molar-refractivity contribution >= 4 is 5.78 Å². The Labute approximate surface area is 115 Å². The average Bonchev–Trinajstić information content (AvgIpc) is 2.47. The third kappa shape index (κ3) is 6.98. The van der Waals surface area contributed by atoms with Crippen LogP contribution in [0.2, 0.25) is 0 Å². The summed E-state index contributed by atoms with van der Waals surface area (Å²) in [6.07, 6.45) is -4.64. The van der Waals surface area contributed by atoms with Gasteiger partial charge in [0, 0.05) is 7.77 Å². The van der Waals surface area contributed by atoms with Crippen LogP contribution in [0.5, 0.6) is 0 Å². The minimum Gasteiger partial charge on any atom is -0.394 e. The van der Waals surface area contributed by atoms with Gasteiger partial charge in [0.05, 0.1) is 6.61 Å². The number of carbonyl (C=O) groups excluding carboxylic acids is 1. The van der Waals surface area contributed by atoms with E-state index in [2.05, 4.69) is 0 Å². The van der Waals surface area contributed by atoms with E-state index in [1.165, 1.54) is 0 Å². The van der Waals surface area contributed by atoms with Gasteiger partial charge in [-0.2, -0.15) is 0 Å². The van der Waals surface area contributed by atoms with Gasteiger partial charge in [-0.3, -0.25) is 4.79 Å². The molecule has 0 aromatic carbocycles. The van der Waals surface area contributed by atoms with Gasteiger partial charge < -0.3 is 25.5 Å². The van der Waals surface area contributed by atoms with Crippen molar-refractivity contribution in [2.45, 2.75) is 69.8 Å². The van der Waals surface area contributed by atoms with Crippen LogP contribution in [0.3, 0.4) is 0 Å². The van der Waals surface area contributed by atoms with Gasteiger partial charge in [-0.1, -0.05) is 32.6 Å². The number of unbranched alkanes of at least 4 members (excludes halogenated alkanes) is 3. The van der Waals surface area contributed by atoms with Crippen LogP contribution in [0.15, 0.2) is 0 Å². The molecule has 19 heavy (non-hydrogen) atoms. The van der Waals surface area contributed by atoms with Gasteiger partial charge in [0.2, 0.25) is 0 Å². The van der Waals surface area contributed by atoms with Gasteiger partial charge in [-0.05, 0) is 6.42 Å². The Morgan fingerprint density at radius 2 is 1.63 bits per heavy atom. The standard InChI is InChI=1S/C13H26O6/c1-2-3-4-5-6-7-9(15)11(17)13(19)12(18)10(16)8-14/h10-14,16-19H,2-8H2,1H3/t10-,11-,12-,13-/m1/s1/i7D/t7?,10-,11-,12-,13-. The first kappa shape index (κ1) is 16.5. The minimum atomic E-state index is -1.94. The molecule has 0 bridgehead atoms. The summed E-state index contributed by atoms with van der Waals surface area (Å²) in [6.45, 7) is 1.23. The van der Waals surface area contributed by atoms with Crippen LogP contribution in [0.1, 0.15) is 46.8 Å². The van der Waals surface area contributed by atoms with Gasteiger partial charge >= 0.3 is 0 Å². The number of aliphatic hydroxyl groups excluding tert-OH is 5. The fraction of sp³-hybridized carbons (Fsp3) is 0.923. The molecule has 0 saturated carbocycles. The third-order valence-electron chi connectivity index (χ3n) is 2.95. The second-order valence-electron chi connectivity index (χ2n) is 4.63. The highest BCUT2D eigenvalue weighted by Gasteiger charge is 2.33. The quantitative estimate of drug-likeness (QED) is 0.321. The molecule has 0 aromatic rings. The van der Waals surface area contributed by atoms with Crippen LogP contribution in [0.4, 0.5) is 0 Å². The van der Waals surface area contributed by atoms with E-state index in [4.69, 9.17) is 11.6 Å². The summed E-state index contributed by atoms with van der Waals surface area (Å²) in [5.74, 6) is -0.891. The smallest absolute Gasteiger partial charge is 0.164 e. The maximum atomic E-state index is 11.7. The molecule has 0 heterocycles. The number of aliphatic hydroxyl groups is 5. The fourth-order valence-electron chi connectivity index (χ4n) is 1.63. The normalized spacial score (nSPS) is 20.2. The molecule has 0 saturated heterocycles. The number of carbonyl (C=O) groups is 1. The van der Waals surface area contributed by atoms with Crippen molar-refractivity contribution in [1.82, 2.24) is 0 Å². The highest BCUT2D eigenvalue weighted by Crippen LogP contribution is 2.11. The molecule has 0 aliphatic rings. The number of hydrogen-bond acceptors (Lipinski definition) is 6. The predicted octanol–water partition coefficient (Wildman–Crippen LogP) is -0.648.